The van der Waals surface area contributed by atoms with E-state index in [0.29, 0.717) is 10.7 Å². The van der Waals surface area contributed by atoms with Gasteiger partial charge in [-0.3, -0.25) is 23.7 Å². The predicted molar refractivity (Wildman–Crippen MR) is 258 cm³/mol. The third-order valence-electron chi connectivity index (χ3n) is 12.7. The molecule has 3 atom stereocenters. The van der Waals surface area contributed by atoms with Gasteiger partial charge in [-0.05, 0) is 95.2 Å². The van der Waals surface area contributed by atoms with E-state index in [2.05, 4.69) is 32.3 Å². The second kappa shape index (κ2) is 20.2. The number of carbonyl (C=O) groups excluding carboxylic acids is 3. The average Bonchev–Trinajstić information content (AvgIpc) is 3.78. The second-order valence-corrected chi connectivity index (χ2v) is 24.8. The van der Waals surface area contributed by atoms with Gasteiger partial charge in [-0.2, -0.15) is 45.3 Å². The van der Waals surface area contributed by atoms with Crippen LogP contribution in [0, 0.1) is 34.8 Å². The number of amides is 2. The fraction of sp³-hybridized carbons (Fsp3) is 0.469. The summed E-state index contributed by atoms with van der Waals surface area (Å²) in [6.45, 7) is 5.32. The molecule has 0 bridgehead atoms. The Hall–Kier alpha value is -6.27. The summed E-state index contributed by atoms with van der Waals surface area (Å²) in [4.78, 5) is 45.6. The monoisotopic (exact) mass is 1150 g/mol. The van der Waals surface area contributed by atoms with Crippen molar-refractivity contribution in [2.45, 2.75) is 128 Å². The molecule has 2 aliphatic rings. The number of sulfone groups is 1. The van der Waals surface area contributed by atoms with Gasteiger partial charge in [0, 0.05) is 40.3 Å². The Kier molecular flexibility index (Phi) is 15.3. The Morgan fingerprint density at radius 3 is 2.13 bits per heavy atom. The first kappa shape index (κ1) is 58.4. The summed E-state index contributed by atoms with van der Waals surface area (Å²) < 4.78 is 203. The zero-order chi connectivity index (χ0) is 57.5. The third kappa shape index (κ3) is 12.5. The molecular formula is C49H48ClF10N7O8S2. The number of carbonyl (C=O) groups is 3. The van der Waals surface area contributed by atoms with Crippen LogP contribution in [0.2, 0.25) is 5.02 Å². The lowest BCUT2D eigenvalue weighted by Crippen LogP contribution is -2.41. The number of benzene rings is 2. The number of thiol groups is 1. The van der Waals surface area contributed by atoms with Crippen molar-refractivity contribution in [3.8, 4) is 23.0 Å². The van der Waals surface area contributed by atoms with E-state index in [4.69, 9.17) is 16.3 Å². The molecule has 1 N–H and O–H groups in total. The number of nitrogens with zero attached hydrogens (tertiary/aromatic N) is 6. The first-order chi connectivity index (χ1) is 35.2. The highest BCUT2D eigenvalue weighted by molar-refractivity contribution is 7.92. The molecule has 2 aliphatic carbocycles. The first-order valence-corrected chi connectivity index (χ1v) is 26.6. The fourth-order valence-electron chi connectivity index (χ4n) is 8.97. The van der Waals surface area contributed by atoms with Gasteiger partial charge in [-0.15, -0.1) is 0 Å². The minimum absolute atomic E-state index is 0.199. The molecule has 416 valence electrons. The van der Waals surface area contributed by atoms with E-state index in [1.54, 1.807) is 20.8 Å². The molecule has 3 heterocycles. The lowest BCUT2D eigenvalue weighted by molar-refractivity contribution is -0.160. The summed E-state index contributed by atoms with van der Waals surface area (Å²) >= 11 is 6.71. The highest BCUT2D eigenvalue weighted by Crippen LogP contribution is 2.68. The molecule has 1 unspecified atom stereocenters. The predicted octanol–water partition coefficient (Wildman–Crippen LogP) is 8.90. The van der Waals surface area contributed by atoms with E-state index in [1.165, 1.54) is 39.8 Å². The molecule has 0 aliphatic heterocycles. The summed E-state index contributed by atoms with van der Waals surface area (Å²) in [7, 11) is -7.83. The average molecular weight is 1150 g/mol. The topological polar surface area (TPSA) is 193 Å². The van der Waals surface area contributed by atoms with Crippen LogP contribution in [-0.2, 0) is 78.0 Å². The molecule has 5 aromatic rings. The van der Waals surface area contributed by atoms with Crippen molar-refractivity contribution >= 4 is 61.0 Å². The molecule has 7 rings (SSSR count). The van der Waals surface area contributed by atoms with Crippen LogP contribution in [0.25, 0.3) is 22.0 Å². The maximum atomic E-state index is 15.6. The summed E-state index contributed by atoms with van der Waals surface area (Å²) in [5.74, 6) is -7.11. The molecule has 0 radical (unpaired) electrons. The van der Waals surface area contributed by atoms with Crippen LogP contribution in [0.3, 0.4) is 0 Å². The third-order valence-corrected chi connectivity index (χ3v) is 15.7. The Morgan fingerprint density at radius 2 is 1.56 bits per heavy atom. The zero-order valence-corrected chi connectivity index (χ0v) is 44.4. The van der Waals surface area contributed by atoms with E-state index < -0.39 is 168 Å². The number of aromatic nitrogens is 5. The Bertz CT molecular complexity index is 3470. The Labute approximate surface area is 440 Å². The maximum Gasteiger partial charge on any atom is 0.435 e. The van der Waals surface area contributed by atoms with Crippen LogP contribution in [0.15, 0.2) is 42.5 Å². The number of rotatable bonds is 15. The van der Waals surface area contributed by atoms with E-state index in [0.717, 1.165) is 30.5 Å². The molecule has 15 nitrogen and oxygen atoms in total. The Morgan fingerprint density at radius 1 is 0.935 bits per heavy atom. The van der Waals surface area contributed by atoms with E-state index in [1.807, 2.05) is 0 Å². The van der Waals surface area contributed by atoms with Crippen molar-refractivity contribution in [2.75, 3.05) is 6.26 Å². The standard InChI is InChI=1S/C49H48ClF10N7O8S2/c1-44(2,3)75-36(69)20-45(4,5)43(70)67(76(71)72)21-34-38-32(50)12-11-29(40(38)66(63-34)23-47(53,54)55)28-10-9-27(13-14-46(6,7)77(8,73)74)61-39(28)33(17-24-15-25(51)18-26(52)16-24)62-35(68)22-65-42-37(41(64-65)49(58,59)60)30-19-31(30)48(42,56)57/h9-12,15-16,18,30-31,33,76H,17,19-23H2,1-8H3,(H,62,68)/t30-,31+,33?/m0/s1. The molecule has 2 amide bonds. The molecule has 1 fully saturated rings. The van der Waals surface area contributed by atoms with Crippen molar-refractivity contribution in [3.05, 3.63) is 98.7 Å². The SMILES string of the molecule is CC(C)(C)OC(=O)CC(C)(C)C(=O)N(Cc1nn(CC(F)(F)F)c2c(-c3ccc(C#CC(C)(C)S(C)(=O)=O)nc3C(Cc3cc(F)cc(F)c3)NC(=O)Cn3nc(C(F)(F)F)c4c3C(F)(F)[C@@H]3C[C@H]43)ccc(Cl)c12)[SH](=O)=O. The lowest BCUT2D eigenvalue weighted by atomic mass is 9.88. The smallest absolute Gasteiger partial charge is 0.435 e. The van der Waals surface area contributed by atoms with Crippen LogP contribution in [0.4, 0.5) is 43.9 Å². The van der Waals surface area contributed by atoms with Gasteiger partial charge < -0.3 is 10.1 Å². The molecule has 77 heavy (non-hydrogen) atoms. The quantitative estimate of drug-likeness (QED) is 0.0440. The van der Waals surface area contributed by atoms with Gasteiger partial charge in [-0.25, -0.2) is 34.9 Å². The molecule has 0 spiro atoms. The summed E-state index contributed by atoms with van der Waals surface area (Å²) in [5.41, 5.74) is -8.94. The molecule has 28 heteroatoms. The number of pyridine rings is 1. The maximum absolute atomic E-state index is 15.6. The molecule has 3 aromatic heterocycles. The van der Waals surface area contributed by atoms with Gasteiger partial charge in [0.25, 0.3) is 5.92 Å². The Balaban J connectivity index is 1.44. The minimum Gasteiger partial charge on any atom is -0.460 e. The second-order valence-electron chi connectivity index (χ2n) is 20.9. The van der Waals surface area contributed by atoms with E-state index >= 15 is 8.78 Å². The highest BCUT2D eigenvalue weighted by atomic mass is 35.5. The van der Waals surface area contributed by atoms with Gasteiger partial charge in [0.1, 0.15) is 46.5 Å². The van der Waals surface area contributed by atoms with Gasteiger partial charge in [0.05, 0.1) is 46.3 Å². The number of nitrogens with one attached hydrogen (secondary N) is 1. The van der Waals surface area contributed by atoms with E-state index in [-0.39, 0.29) is 48.2 Å². The number of ether oxygens (including phenoxy) is 1. The number of hydrogen-bond donors (Lipinski definition) is 2. The van der Waals surface area contributed by atoms with Crippen molar-refractivity contribution < 1.29 is 79.9 Å². The summed E-state index contributed by atoms with van der Waals surface area (Å²) in [6.07, 6.45) is -11.0. The minimum atomic E-state index is -5.23. The van der Waals surface area contributed by atoms with Crippen LogP contribution in [0.1, 0.15) is 113 Å². The fourth-order valence-corrected chi connectivity index (χ4v) is 10.1. The normalized spacial score (nSPS) is 16.9. The van der Waals surface area contributed by atoms with Crippen LogP contribution < -0.4 is 5.32 Å². The number of alkyl halides is 8. The lowest BCUT2D eigenvalue weighted by Gasteiger charge is -2.28. The molecule has 2 aromatic carbocycles. The number of fused-ring (bicyclic) bond motifs is 4. The van der Waals surface area contributed by atoms with Gasteiger partial charge in [0.15, 0.2) is 15.5 Å². The number of halogens is 11. The largest absolute Gasteiger partial charge is 0.460 e. The summed E-state index contributed by atoms with van der Waals surface area (Å²) in [5, 5.41) is 9.20. The van der Waals surface area contributed by atoms with Gasteiger partial charge in [-0.1, -0.05) is 37.4 Å². The van der Waals surface area contributed by atoms with Crippen molar-refractivity contribution in [3.63, 3.8) is 0 Å². The molecule has 0 saturated heterocycles. The molecule has 1 saturated carbocycles. The zero-order valence-electron chi connectivity index (χ0n) is 42.0. The van der Waals surface area contributed by atoms with Crippen molar-refractivity contribution in [2.24, 2.45) is 11.3 Å². The van der Waals surface area contributed by atoms with Crippen molar-refractivity contribution in [1.82, 2.24) is 34.2 Å². The van der Waals surface area contributed by atoms with Crippen molar-refractivity contribution in [1.29, 1.82) is 0 Å². The first-order valence-electron chi connectivity index (χ1n) is 23.2. The van der Waals surface area contributed by atoms with Crippen LogP contribution in [0.5, 0.6) is 0 Å². The van der Waals surface area contributed by atoms with Gasteiger partial charge >= 0.3 is 18.3 Å². The van der Waals surface area contributed by atoms with Gasteiger partial charge in [0.2, 0.25) is 22.7 Å². The summed E-state index contributed by atoms with van der Waals surface area (Å²) in [6, 6.07) is 5.00. The number of esters is 1. The van der Waals surface area contributed by atoms with Crippen LogP contribution in [-0.4, -0.2) is 86.2 Å². The highest BCUT2D eigenvalue weighted by Gasteiger charge is 2.68. The van der Waals surface area contributed by atoms with Crippen LogP contribution >= 0.6 is 11.6 Å². The number of hydrogen-bond acceptors (Lipinski definition) is 11. The van der Waals surface area contributed by atoms with E-state index in [9.17, 15) is 66.3 Å². The molecular weight excluding hydrogens is 1100 g/mol.